The molecule has 0 bridgehead atoms. The van der Waals surface area contributed by atoms with Crippen molar-refractivity contribution < 1.29 is 9.47 Å². The second kappa shape index (κ2) is 5.94. The summed E-state index contributed by atoms with van der Waals surface area (Å²) in [6.07, 6.45) is 0. The fourth-order valence-corrected chi connectivity index (χ4v) is 1.54. The predicted molar refractivity (Wildman–Crippen MR) is 68.4 cm³/mol. The Kier molecular flexibility index (Phi) is 4.03. The van der Waals surface area contributed by atoms with Crippen molar-refractivity contribution in [1.29, 1.82) is 0 Å². The van der Waals surface area contributed by atoms with E-state index in [4.69, 9.17) is 9.47 Å². The minimum absolute atomic E-state index is 0.592. The third-order valence-corrected chi connectivity index (χ3v) is 2.38. The molecule has 0 fully saturated rings. The van der Waals surface area contributed by atoms with Gasteiger partial charge in [-0.3, -0.25) is 0 Å². The van der Waals surface area contributed by atoms with Gasteiger partial charge in [-0.25, -0.2) is 0 Å². The van der Waals surface area contributed by atoms with Gasteiger partial charge in [0, 0.05) is 0 Å². The molecule has 0 aliphatic rings. The van der Waals surface area contributed by atoms with Crippen LogP contribution in [-0.4, -0.2) is 6.61 Å². The SMILES string of the molecule is CCOc1ccc(OCc2ccccc2)cc1. The summed E-state index contributed by atoms with van der Waals surface area (Å²) in [6, 6.07) is 17.8. The topological polar surface area (TPSA) is 18.5 Å². The van der Waals surface area contributed by atoms with Crippen LogP contribution >= 0.6 is 0 Å². The van der Waals surface area contributed by atoms with E-state index in [1.165, 1.54) is 5.56 Å². The molecular weight excluding hydrogens is 212 g/mol. The molecule has 0 aliphatic carbocycles. The maximum Gasteiger partial charge on any atom is 0.120 e. The van der Waals surface area contributed by atoms with Gasteiger partial charge in [0.2, 0.25) is 0 Å². The average Bonchev–Trinajstić information content (AvgIpc) is 2.40. The van der Waals surface area contributed by atoms with Crippen molar-refractivity contribution in [3.05, 3.63) is 60.2 Å². The molecule has 0 amide bonds. The van der Waals surface area contributed by atoms with Crippen molar-refractivity contribution in [2.24, 2.45) is 0 Å². The predicted octanol–water partition coefficient (Wildman–Crippen LogP) is 3.66. The zero-order valence-corrected chi connectivity index (χ0v) is 9.93. The van der Waals surface area contributed by atoms with Crippen LogP contribution in [0.4, 0.5) is 0 Å². The van der Waals surface area contributed by atoms with E-state index in [2.05, 4.69) is 12.1 Å². The molecule has 0 heterocycles. The highest BCUT2D eigenvalue weighted by atomic mass is 16.5. The third kappa shape index (κ3) is 3.52. The number of ether oxygens (including phenoxy) is 2. The van der Waals surface area contributed by atoms with E-state index in [9.17, 15) is 0 Å². The second-order valence-electron chi connectivity index (χ2n) is 3.68. The Morgan fingerprint density at radius 3 is 1.94 bits per heavy atom. The number of rotatable bonds is 5. The molecule has 2 nitrogen and oxygen atoms in total. The summed E-state index contributed by atoms with van der Waals surface area (Å²) < 4.78 is 11.0. The van der Waals surface area contributed by atoms with E-state index in [0.717, 1.165) is 11.5 Å². The summed E-state index contributed by atoms with van der Waals surface area (Å²) >= 11 is 0. The maximum absolute atomic E-state index is 5.67. The van der Waals surface area contributed by atoms with Crippen molar-refractivity contribution >= 4 is 0 Å². The molecule has 0 atom stereocenters. The first kappa shape index (κ1) is 11.5. The van der Waals surface area contributed by atoms with Gasteiger partial charge in [0.15, 0.2) is 0 Å². The summed E-state index contributed by atoms with van der Waals surface area (Å²) in [4.78, 5) is 0. The van der Waals surface area contributed by atoms with Crippen LogP contribution in [0.3, 0.4) is 0 Å². The van der Waals surface area contributed by atoms with Crippen LogP contribution < -0.4 is 9.47 Å². The second-order valence-corrected chi connectivity index (χ2v) is 3.68. The van der Waals surface area contributed by atoms with E-state index >= 15 is 0 Å². The van der Waals surface area contributed by atoms with Gasteiger partial charge in [-0.1, -0.05) is 30.3 Å². The van der Waals surface area contributed by atoms with Gasteiger partial charge in [-0.15, -0.1) is 0 Å². The quantitative estimate of drug-likeness (QED) is 0.777. The molecule has 0 radical (unpaired) electrons. The highest BCUT2D eigenvalue weighted by Crippen LogP contribution is 2.18. The Hall–Kier alpha value is -1.96. The number of hydrogen-bond donors (Lipinski definition) is 0. The van der Waals surface area contributed by atoms with Gasteiger partial charge in [0.25, 0.3) is 0 Å². The molecule has 0 aromatic heterocycles. The van der Waals surface area contributed by atoms with Gasteiger partial charge in [0.1, 0.15) is 18.1 Å². The number of hydrogen-bond acceptors (Lipinski definition) is 2. The summed E-state index contributed by atoms with van der Waals surface area (Å²) in [5, 5.41) is 0. The Morgan fingerprint density at radius 2 is 1.35 bits per heavy atom. The lowest BCUT2D eigenvalue weighted by Crippen LogP contribution is -1.95. The Morgan fingerprint density at radius 1 is 0.765 bits per heavy atom. The largest absolute Gasteiger partial charge is 0.494 e. The van der Waals surface area contributed by atoms with E-state index in [1.807, 2.05) is 49.4 Å². The molecule has 0 saturated heterocycles. The van der Waals surface area contributed by atoms with E-state index < -0.39 is 0 Å². The van der Waals surface area contributed by atoms with Crippen molar-refractivity contribution in [3.63, 3.8) is 0 Å². The Labute approximate surface area is 102 Å². The van der Waals surface area contributed by atoms with Crippen LogP contribution in [0.25, 0.3) is 0 Å². The van der Waals surface area contributed by atoms with Gasteiger partial charge in [-0.2, -0.15) is 0 Å². The minimum Gasteiger partial charge on any atom is -0.494 e. The molecular formula is C15H16O2. The first-order valence-electron chi connectivity index (χ1n) is 5.78. The van der Waals surface area contributed by atoms with Gasteiger partial charge in [0.05, 0.1) is 6.61 Å². The average molecular weight is 228 g/mol. The molecule has 0 N–H and O–H groups in total. The highest BCUT2D eigenvalue weighted by molar-refractivity contribution is 5.31. The molecule has 2 aromatic rings. The first-order valence-corrected chi connectivity index (χ1v) is 5.78. The number of benzene rings is 2. The van der Waals surface area contributed by atoms with Crippen LogP contribution in [0.2, 0.25) is 0 Å². The van der Waals surface area contributed by atoms with E-state index in [0.29, 0.717) is 13.2 Å². The zero-order chi connectivity index (χ0) is 11.9. The van der Waals surface area contributed by atoms with Crippen molar-refractivity contribution in [1.82, 2.24) is 0 Å². The molecule has 2 rings (SSSR count). The molecule has 17 heavy (non-hydrogen) atoms. The van der Waals surface area contributed by atoms with Crippen LogP contribution in [0, 0.1) is 0 Å². The van der Waals surface area contributed by atoms with E-state index in [1.54, 1.807) is 0 Å². The fraction of sp³-hybridized carbons (Fsp3) is 0.200. The summed E-state index contributed by atoms with van der Waals surface area (Å²) in [5.74, 6) is 1.73. The monoisotopic (exact) mass is 228 g/mol. The summed E-state index contributed by atoms with van der Waals surface area (Å²) in [6.45, 7) is 3.25. The first-order chi connectivity index (χ1) is 8.38. The fourth-order valence-electron chi connectivity index (χ4n) is 1.54. The smallest absolute Gasteiger partial charge is 0.120 e. The molecule has 2 heteroatoms. The Bertz CT molecular complexity index is 434. The standard InChI is InChI=1S/C15H16O2/c1-2-16-14-8-10-15(11-9-14)17-12-13-6-4-3-5-7-13/h3-11H,2,12H2,1H3. The molecule has 0 unspecified atom stereocenters. The summed E-state index contributed by atoms with van der Waals surface area (Å²) in [7, 11) is 0. The maximum atomic E-state index is 5.67. The summed E-state index contributed by atoms with van der Waals surface area (Å²) in [5.41, 5.74) is 1.17. The molecule has 0 spiro atoms. The lowest BCUT2D eigenvalue weighted by atomic mass is 10.2. The lowest BCUT2D eigenvalue weighted by molar-refractivity contribution is 0.304. The van der Waals surface area contributed by atoms with Gasteiger partial charge in [-0.05, 0) is 36.8 Å². The third-order valence-electron chi connectivity index (χ3n) is 2.38. The molecule has 0 saturated carbocycles. The van der Waals surface area contributed by atoms with Crippen molar-refractivity contribution in [2.75, 3.05) is 6.61 Å². The minimum atomic E-state index is 0.592. The van der Waals surface area contributed by atoms with Crippen molar-refractivity contribution in [2.45, 2.75) is 13.5 Å². The highest BCUT2D eigenvalue weighted by Gasteiger charge is 1.96. The molecule has 2 aromatic carbocycles. The zero-order valence-electron chi connectivity index (χ0n) is 9.93. The molecule has 0 aliphatic heterocycles. The molecule has 88 valence electrons. The van der Waals surface area contributed by atoms with Crippen LogP contribution in [0.5, 0.6) is 11.5 Å². The Balaban J connectivity index is 1.91. The lowest BCUT2D eigenvalue weighted by Gasteiger charge is -2.07. The van der Waals surface area contributed by atoms with E-state index in [-0.39, 0.29) is 0 Å². The van der Waals surface area contributed by atoms with Gasteiger partial charge < -0.3 is 9.47 Å². The van der Waals surface area contributed by atoms with Crippen LogP contribution in [0.15, 0.2) is 54.6 Å². The van der Waals surface area contributed by atoms with Gasteiger partial charge >= 0.3 is 0 Å². The normalized spacial score (nSPS) is 9.94. The van der Waals surface area contributed by atoms with Crippen molar-refractivity contribution in [3.8, 4) is 11.5 Å². The van der Waals surface area contributed by atoms with Crippen LogP contribution in [-0.2, 0) is 6.61 Å². The van der Waals surface area contributed by atoms with Crippen LogP contribution in [0.1, 0.15) is 12.5 Å².